The van der Waals surface area contributed by atoms with Crippen molar-refractivity contribution in [2.45, 2.75) is 27.7 Å². The van der Waals surface area contributed by atoms with Gasteiger partial charge in [0.1, 0.15) is 11.6 Å². The Hall–Kier alpha value is -2.45. The Bertz CT molecular complexity index is 585. The zero-order valence-electron chi connectivity index (χ0n) is 12.6. The number of aromatic nitrogens is 2. The summed E-state index contributed by atoms with van der Waals surface area (Å²) in [5.74, 6) is -1.52. The van der Waals surface area contributed by atoms with E-state index in [9.17, 15) is 20.1 Å². The van der Waals surface area contributed by atoms with Gasteiger partial charge in [-0.15, -0.1) is 0 Å². The number of imidazole rings is 1. The standard InChI is InChI=1S/C12H19N5O4/c1-7-9(17(20)21)14-6-16(7)10(15-19)8(11(18)13-5)12(2,3)4/h6,8,19H,1-5H3,(H,13,18). The van der Waals surface area contributed by atoms with E-state index in [1.807, 2.05) is 0 Å². The van der Waals surface area contributed by atoms with Gasteiger partial charge in [0.25, 0.3) is 0 Å². The lowest BCUT2D eigenvalue weighted by molar-refractivity contribution is -0.389. The molecule has 9 heteroatoms. The van der Waals surface area contributed by atoms with Crippen molar-refractivity contribution in [2.24, 2.45) is 16.5 Å². The third-order valence-electron chi connectivity index (χ3n) is 3.14. The van der Waals surface area contributed by atoms with Crippen LogP contribution in [0.2, 0.25) is 0 Å². The third-order valence-corrected chi connectivity index (χ3v) is 3.14. The molecule has 0 saturated carbocycles. The number of amides is 1. The lowest BCUT2D eigenvalue weighted by atomic mass is 9.79. The van der Waals surface area contributed by atoms with Crippen LogP contribution < -0.4 is 5.32 Å². The Morgan fingerprint density at radius 2 is 2.14 bits per heavy atom. The molecule has 0 aromatic carbocycles. The van der Waals surface area contributed by atoms with Crippen LogP contribution in [-0.4, -0.2) is 38.5 Å². The maximum absolute atomic E-state index is 12.1. The number of oxime groups is 1. The minimum Gasteiger partial charge on any atom is -0.409 e. The first-order chi connectivity index (χ1) is 9.65. The van der Waals surface area contributed by atoms with E-state index in [0.29, 0.717) is 0 Å². The monoisotopic (exact) mass is 297 g/mol. The number of nitro groups is 1. The Labute approximate surface area is 121 Å². The van der Waals surface area contributed by atoms with Gasteiger partial charge >= 0.3 is 5.82 Å². The Morgan fingerprint density at radius 1 is 1.57 bits per heavy atom. The van der Waals surface area contributed by atoms with Crippen LogP contribution in [0.15, 0.2) is 11.5 Å². The van der Waals surface area contributed by atoms with E-state index in [2.05, 4.69) is 15.5 Å². The van der Waals surface area contributed by atoms with Crippen molar-refractivity contribution in [2.75, 3.05) is 7.05 Å². The van der Waals surface area contributed by atoms with Crippen LogP contribution in [0.25, 0.3) is 0 Å². The molecule has 0 fully saturated rings. The van der Waals surface area contributed by atoms with E-state index in [4.69, 9.17) is 0 Å². The molecule has 0 saturated heterocycles. The van der Waals surface area contributed by atoms with Gasteiger partial charge in [0, 0.05) is 7.05 Å². The van der Waals surface area contributed by atoms with E-state index < -0.39 is 16.3 Å². The third kappa shape index (κ3) is 3.18. The Balaban J connectivity index is 3.42. The van der Waals surface area contributed by atoms with Crippen LogP contribution in [0.4, 0.5) is 5.82 Å². The summed E-state index contributed by atoms with van der Waals surface area (Å²) in [5.41, 5.74) is -0.376. The van der Waals surface area contributed by atoms with Gasteiger partial charge in [0.05, 0.1) is 0 Å². The molecule has 0 bridgehead atoms. The molecule has 1 amide bonds. The maximum Gasteiger partial charge on any atom is 0.384 e. The predicted octanol–water partition coefficient (Wildman–Crippen LogP) is 1.14. The van der Waals surface area contributed by atoms with Crippen LogP contribution in [0, 0.1) is 28.4 Å². The average Bonchev–Trinajstić information content (AvgIpc) is 2.75. The molecule has 1 heterocycles. The van der Waals surface area contributed by atoms with E-state index in [-0.39, 0.29) is 23.3 Å². The maximum atomic E-state index is 12.1. The van der Waals surface area contributed by atoms with Crippen molar-refractivity contribution in [3.05, 3.63) is 22.1 Å². The smallest absolute Gasteiger partial charge is 0.384 e. The first-order valence-electron chi connectivity index (χ1n) is 6.27. The van der Waals surface area contributed by atoms with Crippen LogP contribution in [0.5, 0.6) is 0 Å². The van der Waals surface area contributed by atoms with Gasteiger partial charge in [-0.1, -0.05) is 25.9 Å². The molecule has 1 rings (SSSR count). The second-order valence-electron chi connectivity index (χ2n) is 5.65. The van der Waals surface area contributed by atoms with Gasteiger partial charge in [0.15, 0.2) is 5.84 Å². The van der Waals surface area contributed by atoms with Crippen LogP contribution in [0.1, 0.15) is 26.5 Å². The molecule has 0 radical (unpaired) electrons. The van der Waals surface area contributed by atoms with Crippen LogP contribution in [0.3, 0.4) is 0 Å². The topological polar surface area (TPSA) is 123 Å². The highest BCUT2D eigenvalue weighted by atomic mass is 16.6. The van der Waals surface area contributed by atoms with Gasteiger partial charge in [0.2, 0.25) is 12.2 Å². The first-order valence-corrected chi connectivity index (χ1v) is 6.27. The van der Waals surface area contributed by atoms with Gasteiger partial charge in [-0.05, 0) is 22.2 Å². The van der Waals surface area contributed by atoms with Crippen LogP contribution in [-0.2, 0) is 4.79 Å². The number of carbonyl (C=O) groups is 1. The summed E-state index contributed by atoms with van der Waals surface area (Å²) in [7, 11) is 1.47. The summed E-state index contributed by atoms with van der Waals surface area (Å²) < 4.78 is 1.25. The van der Waals surface area contributed by atoms with E-state index in [1.165, 1.54) is 24.9 Å². The lowest BCUT2D eigenvalue weighted by Crippen LogP contribution is -2.44. The van der Waals surface area contributed by atoms with E-state index in [1.54, 1.807) is 20.8 Å². The first kappa shape index (κ1) is 16.6. The van der Waals surface area contributed by atoms with Crippen molar-refractivity contribution in [1.82, 2.24) is 14.9 Å². The average molecular weight is 297 g/mol. The summed E-state index contributed by atoms with van der Waals surface area (Å²) in [4.78, 5) is 26.0. The molecule has 0 spiro atoms. The van der Waals surface area contributed by atoms with Gasteiger partial charge in [-0.3, -0.25) is 9.36 Å². The number of nitrogens with one attached hydrogen (secondary N) is 1. The molecule has 1 atom stereocenters. The molecule has 1 aromatic heterocycles. The Morgan fingerprint density at radius 3 is 2.48 bits per heavy atom. The molecule has 21 heavy (non-hydrogen) atoms. The van der Waals surface area contributed by atoms with Crippen molar-refractivity contribution < 1.29 is 14.9 Å². The second kappa shape index (κ2) is 5.90. The molecule has 1 unspecified atom stereocenters. The molecular weight excluding hydrogens is 278 g/mol. The van der Waals surface area contributed by atoms with E-state index in [0.717, 1.165) is 0 Å². The molecule has 0 aliphatic heterocycles. The highest BCUT2D eigenvalue weighted by Gasteiger charge is 2.38. The highest BCUT2D eigenvalue weighted by molar-refractivity contribution is 6.04. The van der Waals surface area contributed by atoms with Gasteiger partial charge in [-0.25, -0.2) is 0 Å². The van der Waals surface area contributed by atoms with Gasteiger partial charge < -0.3 is 20.6 Å². The molecule has 9 nitrogen and oxygen atoms in total. The summed E-state index contributed by atoms with van der Waals surface area (Å²) in [6.45, 7) is 6.89. The largest absolute Gasteiger partial charge is 0.409 e. The lowest BCUT2D eigenvalue weighted by Gasteiger charge is -2.29. The number of carbonyl (C=O) groups excluding carboxylic acids is 1. The zero-order valence-corrected chi connectivity index (χ0v) is 12.6. The van der Waals surface area contributed by atoms with Crippen molar-refractivity contribution >= 4 is 17.6 Å². The predicted molar refractivity (Wildman–Crippen MR) is 75.2 cm³/mol. The van der Waals surface area contributed by atoms with Gasteiger partial charge in [-0.2, -0.15) is 0 Å². The number of hydrogen-bond donors (Lipinski definition) is 2. The minimum absolute atomic E-state index is 0.0139. The summed E-state index contributed by atoms with van der Waals surface area (Å²) in [6.07, 6.45) is 1.17. The summed E-state index contributed by atoms with van der Waals surface area (Å²) in [5, 5.41) is 25.9. The highest BCUT2D eigenvalue weighted by Crippen LogP contribution is 2.29. The molecule has 2 N–H and O–H groups in total. The minimum atomic E-state index is -0.806. The fourth-order valence-electron chi connectivity index (χ4n) is 2.10. The fraction of sp³-hybridized carbons (Fsp3) is 0.583. The number of nitrogens with zero attached hydrogens (tertiary/aromatic N) is 4. The number of hydrogen-bond acceptors (Lipinski definition) is 6. The zero-order chi connectivity index (χ0) is 16.4. The molecule has 116 valence electrons. The SMILES string of the molecule is CNC(=O)C(C(=NO)n1cnc([N+](=O)[O-])c1C)C(C)(C)C. The fourth-order valence-corrected chi connectivity index (χ4v) is 2.10. The molecule has 0 aliphatic rings. The molecule has 1 aromatic rings. The molecular formula is C12H19N5O4. The van der Waals surface area contributed by atoms with Crippen molar-refractivity contribution in [3.63, 3.8) is 0 Å². The second-order valence-corrected chi connectivity index (χ2v) is 5.65. The number of rotatable bonds is 3. The summed E-state index contributed by atoms with van der Waals surface area (Å²) >= 11 is 0. The quantitative estimate of drug-likeness (QED) is 0.285. The van der Waals surface area contributed by atoms with Crippen LogP contribution >= 0.6 is 0 Å². The Kier molecular flexibility index (Phi) is 4.66. The van der Waals surface area contributed by atoms with Crippen molar-refractivity contribution in [1.29, 1.82) is 0 Å². The molecule has 0 aliphatic carbocycles. The van der Waals surface area contributed by atoms with Crippen molar-refractivity contribution in [3.8, 4) is 0 Å². The normalized spacial score (nSPS) is 13.9. The van der Waals surface area contributed by atoms with E-state index >= 15 is 0 Å². The summed E-state index contributed by atoms with van der Waals surface area (Å²) in [6, 6.07) is 0.